The minimum Gasteiger partial charge on any atom is -0.497 e. The van der Waals surface area contributed by atoms with Crippen molar-refractivity contribution in [3.63, 3.8) is 0 Å². The van der Waals surface area contributed by atoms with Gasteiger partial charge in [-0.25, -0.2) is 4.98 Å². The summed E-state index contributed by atoms with van der Waals surface area (Å²) in [7, 11) is 3.09. The van der Waals surface area contributed by atoms with Crippen LogP contribution in [0.1, 0.15) is 0 Å². The zero-order valence-electron chi connectivity index (χ0n) is 18.9. The number of carbonyl (C=O) groups excluding carboxylic acids is 1. The van der Waals surface area contributed by atoms with Gasteiger partial charge >= 0.3 is 0 Å². The summed E-state index contributed by atoms with van der Waals surface area (Å²) in [4.78, 5) is 32.0. The molecular formula is C25H23N3O4S2. The molecule has 0 aliphatic carbocycles. The van der Waals surface area contributed by atoms with E-state index in [-0.39, 0.29) is 17.2 Å². The Balaban J connectivity index is 1.74. The lowest BCUT2D eigenvalue weighted by atomic mass is 10.2. The normalized spacial score (nSPS) is 10.8. The summed E-state index contributed by atoms with van der Waals surface area (Å²) in [5.41, 5.74) is 1.54. The Morgan fingerprint density at radius 2 is 1.79 bits per heavy atom. The number of ether oxygens (including phenoxy) is 2. The van der Waals surface area contributed by atoms with E-state index in [0.717, 1.165) is 10.6 Å². The quantitative estimate of drug-likeness (QED) is 0.277. The molecule has 0 aliphatic rings. The van der Waals surface area contributed by atoms with Gasteiger partial charge in [0, 0.05) is 11.0 Å². The maximum atomic E-state index is 13.5. The Labute approximate surface area is 205 Å². The van der Waals surface area contributed by atoms with Crippen LogP contribution in [0, 0.1) is 0 Å². The molecule has 1 N–H and O–H groups in total. The van der Waals surface area contributed by atoms with Crippen LogP contribution in [-0.2, 0) is 4.79 Å². The molecule has 4 aromatic rings. The third-order valence-electron chi connectivity index (χ3n) is 5.09. The first-order valence-corrected chi connectivity index (χ1v) is 12.6. The molecule has 0 spiro atoms. The van der Waals surface area contributed by atoms with Crippen LogP contribution < -0.4 is 20.3 Å². The van der Waals surface area contributed by atoms with Crippen molar-refractivity contribution in [2.75, 3.05) is 31.5 Å². The number of anilines is 1. The number of amides is 1. The zero-order valence-corrected chi connectivity index (χ0v) is 20.5. The smallest absolute Gasteiger partial charge is 0.266 e. The van der Waals surface area contributed by atoms with Gasteiger partial charge in [0.25, 0.3) is 5.56 Å². The lowest BCUT2D eigenvalue weighted by Crippen LogP contribution is -2.23. The summed E-state index contributed by atoms with van der Waals surface area (Å²) < 4.78 is 12.4. The Hall–Kier alpha value is -3.43. The molecule has 0 atom stereocenters. The predicted molar refractivity (Wildman–Crippen MR) is 138 cm³/mol. The van der Waals surface area contributed by atoms with E-state index in [2.05, 4.69) is 5.32 Å². The van der Waals surface area contributed by atoms with Crippen LogP contribution in [0.2, 0.25) is 0 Å². The largest absolute Gasteiger partial charge is 0.497 e. The molecule has 0 unspecified atom stereocenters. The van der Waals surface area contributed by atoms with Gasteiger partial charge < -0.3 is 14.8 Å². The highest BCUT2D eigenvalue weighted by molar-refractivity contribution is 7.99. The van der Waals surface area contributed by atoms with Crippen LogP contribution in [0.4, 0.5) is 5.69 Å². The topological polar surface area (TPSA) is 82.4 Å². The molecule has 0 bridgehead atoms. The monoisotopic (exact) mass is 493 g/mol. The van der Waals surface area contributed by atoms with Gasteiger partial charge in [-0.15, -0.1) is 11.8 Å². The van der Waals surface area contributed by atoms with Crippen LogP contribution in [0.15, 0.2) is 81.6 Å². The average Bonchev–Trinajstić information content (AvgIpc) is 2.87. The summed E-state index contributed by atoms with van der Waals surface area (Å²) in [6.45, 7) is 0. The number of nitrogens with one attached hydrogen (secondary N) is 1. The zero-order chi connectivity index (χ0) is 24.1. The Morgan fingerprint density at radius 3 is 2.56 bits per heavy atom. The van der Waals surface area contributed by atoms with Crippen LogP contribution in [0.5, 0.6) is 11.5 Å². The first kappa shape index (κ1) is 23.7. The third-order valence-corrected chi connectivity index (χ3v) is 6.82. The SMILES string of the molecule is COc1ccc(OC)c(-n2c(SCC(=O)Nc3ccccc3SC)nc3ccccc3c2=O)c1. The fourth-order valence-corrected chi connectivity index (χ4v) is 4.82. The van der Waals surface area contributed by atoms with Gasteiger partial charge in [0.15, 0.2) is 5.16 Å². The van der Waals surface area contributed by atoms with Crippen LogP contribution in [0.3, 0.4) is 0 Å². The number of hydrogen-bond donors (Lipinski definition) is 1. The van der Waals surface area contributed by atoms with E-state index in [9.17, 15) is 9.59 Å². The number of aromatic nitrogens is 2. The molecule has 1 aromatic heterocycles. The number of nitrogens with zero attached hydrogens (tertiary/aromatic N) is 2. The summed E-state index contributed by atoms with van der Waals surface area (Å²) in [5, 5.41) is 3.79. The summed E-state index contributed by atoms with van der Waals surface area (Å²) in [5.74, 6) is 0.927. The first-order chi connectivity index (χ1) is 16.5. The highest BCUT2D eigenvalue weighted by Gasteiger charge is 2.18. The number of thioether (sulfide) groups is 2. The summed E-state index contributed by atoms with van der Waals surface area (Å²) in [6, 6.07) is 19.9. The second-order valence-corrected chi connectivity index (χ2v) is 8.92. The molecule has 9 heteroatoms. The van der Waals surface area contributed by atoms with Gasteiger partial charge in [-0.2, -0.15) is 0 Å². The van der Waals surface area contributed by atoms with E-state index in [1.165, 1.54) is 23.4 Å². The van der Waals surface area contributed by atoms with Gasteiger partial charge in [0.1, 0.15) is 11.5 Å². The molecule has 1 heterocycles. The molecule has 0 saturated heterocycles. The number of fused-ring (bicyclic) bond motifs is 1. The maximum absolute atomic E-state index is 13.5. The van der Waals surface area contributed by atoms with Crippen molar-refractivity contribution in [1.29, 1.82) is 0 Å². The van der Waals surface area contributed by atoms with Crippen LogP contribution in [0.25, 0.3) is 16.6 Å². The van der Waals surface area contributed by atoms with E-state index in [0.29, 0.717) is 33.2 Å². The second kappa shape index (κ2) is 10.7. The summed E-state index contributed by atoms with van der Waals surface area (Å²) in [6.07, 6.45) is 1.96. The molecule has 0 fully saturated rings. The van der Waals surface area contributed by atoms with E-state index in [4.69, 9.17) is 14.5 Å². The van der Waals surface area contributed by atoms with Gasteiger partial charge in [0.2, 0.25) is 5.91 Å². The Bertz CT molecular complexity index is 1400. The van der Waals surface area contributed by atoms with Crippen molar-refractivity contribution in [2.45, 2.75) is 10.1 Å². The minimum absolute atomic E-state index is 0.0692. The van der Waals surface area contributed by atoms with Crippen molar-refractivity contribution < 1.29 is 14.3 Å². The second-order valence-electron chi connectivity index (χ2n) is 7.13. The molecule has 0 saturated carbocycles. The molecule has 0 radical (unpaired) electrons. The highest BCUT2D eigenvalue weighted by Crippen LogP contribution is 2.31. The van der Waals surface area contributed by atoms with E-state index < -0.39 is 0 Å². The first-order valence-electron chi connectivity index (χ1n) is 10.4. The molecule has 34 heavy (non-hydrogen) atoms. The molecular weight excluding hydrogens is 470 g/mol. The Kier molecular flexibility index (Phi) is 7.44. The van der Waals surface area contributed by atoms with Gasteiger partial charge in [0.05, 0.1) is 42.3 Å². The molecule has 0 aliphatic heterocycles. The van der Waals surface area contributed by atoms with E-state index in [1.807, 2.05) is 36.6 Å². The lowest BCUT2D eigenvalue weighted by Gasteiger charge is -2.17. The molecule has 7 nitrogen and oxygen atoms in total. The molecule has 174 valence electrons. The number of para-hydroxylation sites is 2. The number of hydrogen-bond acceptors (Lipinski definition) is 7. The predicted octanol–water partition coefficient (Wildman–Crippen LogP) is 4.86. The standard InChI is InChI=1S/C25H23N3O4S2/c1-31-16-12-13-21(32-2)20(14-16)28-24(30)17-8-4-5-9-18(17)27-25(28)34-15-23(29)26-19-10-6-7-11-22(19)33-3/h4-14H,15H2,1-3H3,(H,26,29). The number of methoxy groups -OCH3 is 2. The number of rotatable bonds is 8. The summed E-state index contributed by atoms with van der Waals surface area (Å²) >= 11 is 2.74. The van der Waals surface area contributed by atoms with Crippen molar-refractivity contribution in [3.05, 3.63) is 77.1 Å². The molecule has 4 rings (SSSR count). The Morgan fingerprint density at radius 1 is 1.03 bits per heavy atom. The van der Waals surface area contributed by atoms with Crippen molar-refractivity contribution in [2.24, 2.45) is 0 Å². The van der Waals surface area contributed by atoms with Crippen molar-refractivity contribution in [3.8, 4) is 17.2 Å². The van der Waals surface area contributed by atoms with Crippen LogP contribution in [-0.4, -0.2) is 41.7 Å². The fourth-order valence-electron chi connectivity index (χ4n) is 3.46. The van der Waals surface area contributed by atoms with Gasteiger partial charge in [-0.1, -0.05) is 36.0 Å². The van der Waals surface area contributed by atoms with Gasteiger partial charge in [-0.05, 0) is 42.7 Å². The minimum atomic E-state index is -0.257. The lowest BCUT2D eigenvalue weighted by molar-refractivity contribution is -0.113. The average molecular weight is 494 g/mol. The maximum Gasteiger partial charge on any atom is 0.266 e. The van der Waals surface area contributed by atoms with Gasteiger partial charge in [-0.3, -0.25) is 14.2 Å². The molecule has 1 amide bonds. The molecule has 3 aromatic carbocycles. The highest BCUT2D eigenvalue weighted by atomic mass is 32.2. The third kappa shape index (κ3) is 4.90. The van der Waals surface area contributed by atoms with Crippen molar-refractivity contribution in [1.82, 2.24) is 9.55 Å². The number of carbonyl (C=O) groups is 1. The van der Waals surface area contributed by atoms with E-state index in [1.54, 1.807) is 55.3 Å². The fraction of sp³-hybridized carbons (Fsp3) is 0.160. The van der Waals surface area contributed by atoms with Crippen LogP contribution >= 0.6 is 23.5 Å². The number of benzene rings is 3. The van der Waals surface area contributed by atoms with Crippen molar-refractivity contribution >= 4 is 46.0 Å². The van der Waals surface area contributed by atoms with E-state index >= 15 is 0 Å².